The fourth-order valence-corrected chi connectivity index (χ4v) is 2.65. The van der Waals surface area contributed by atoms with Gasteiger partial charge in [0.05, 0.1) is 12.1 Å². The summed E-state index contributed by atoms with van der Waals surface area (Å²) in [7, 11) is 1.68. The van der Waals surface area contributed by atoms with Gasteiger partial charge in [-0.25, -0.2) is 15.1 Å². The Bertz CT molecular complexity index is 456. The number of hydrogen-bond donors (Lipinski definition) is 3. The van der Waals surface area contributed by atoms with Crippen molar-refractivity contribution in [3.63, 3.8) is 0 Å². The quantitative estimate of drug-likeness (QED) is 0.667. The zero-order chi connectivity index (χ0) is 19.3. The van der Waals surface area contributed by atoms with Gasteiger partial charge in [0.15, 0.2) is 0 Å². The van der Waals surface area contributed by atoms with Gasteiger partial charge in [-0.15, -0.1) is 0 Å². The summed E-state index contributed by atoms with van der Waals surface area (Å²) in [5, 5.41) is 5.70. The third-order valence-corrected chi connectivity index (χ3v) is 3.48. The average molecular weight is 359 g/mol. The van der Waals surface area contributed by atoms with Crippen LogP contribution in [0.2, 0.25) is 0 Å². The minimum atomic E-state index is -0.577. The van der Waals surface area contributed by atoms with Crippen LogP contribution in [-0.2, 0) is 14.3 Å². The van der Waals surface area contributed by atoms with Gasteiger partial charge in [0.25, 0.3) is 0 Å². The van der Waals surface area contributed by atoms with Crippen molar-refractivity contribution in [2.75, 3.05) is 7.05 Å². The van der Waals surface area contributed by atoms with Crippen molar-refractivity contribution in [1.82, 2.24) is 16.1 Å². The number of hydrogen-bond acceptors (Lipinski definition) is 6. The minimum absolute atomic E-state index is 0.105. The summed E-state index contributed by atoms with van der Waals surface area (Å²) in [6, 6.07) is -0.387. The lowest BCUT2D eigenvalue weighted by molar-refractivity contribution is -0.0540. The average Bonchev–Trinajstić information content (AvgIpc) is 2.37. The molecule has 2 amide bonds. The highest BCUT2D eigenvalue weighted by molar-refractivity contribution is 5.69. The van der Waals surface area contributed by atoms with Crippen LogP contribution in [0.4, 0.5) is 9.59 Å². The normalized spacial score (nSPS) is 24.4. The first-order valence-corrected chi connectivity index (χ1v) is 8.71. The van der Waals surface area contributed by atoms with Gasteiger partial charge in [0.1, 0.15) is 11.2 Å². The summed E-state index contributed by atoms with van der Waals surface area (Å²) < 4.78 is 10.6. The van der Waals surface area contributed by atoms with Gasteiger partial charge in [-0.1, -0.05) is 0 Å². The van der Waals surface area contributed by atoms with Crippen molar-refractivity contribution in [2.24, 2.45) is 0 Å². The maximum absolute atomic E-state index is 12.1. The molecule has 0 aromatic carbocycles. The van der Waals surface area contributed by atoms with E-state index in [4.69, 9.17) is 14.3 Å². The summed E-state index contributed by atoms with van der Waals surface area (Å²) in [6.45, 7) is 10.9. The molecule has 0 spiro atoms. The SMILES string of the molecule is CNOC1CCC(NC(=O)OC(C)(C)C)CC1NC(=O)OC(C)(C)C. The van der Waals surface area contributed by atoms with Gasteiger partial charge in [-0.2, -0.15) is 0 Å². The third kappa shape index (κ3) is 8.92. The van der Waals surface area contributed by atoms with E-state index in [1.54, 1.807) is 7.05 Å². The molecule has 0 saturated heterocycles. The Morgan fingerprint density at radius 1 is 0.880 bits per heavy atom. The fraction of sp³-hybridized carbons (Fsp3) is 0.882. The summed E-state index contributed by atoms with van der Waals surface area (Å²) in [5.41, 5.74) is 1.54. The topological polar surface area (TPSA) is 97.9 Å². The second kappa shape index (κ2) is 8.71. The third-order valence-electron chi connectivity index (χ3n) is 3.48. The molecule has 0 aliphatic heterocycles. The predicted molar refractivity (Wildman–Crippen MR) is 94.1 cm³/mol. The molecule has 0 bridgehead atoms. The van der Waals surface area contributed by atoms with Gasteiger partial charge in [-0.05, 0) is 60.8 Å². The number of alkyl carbamates (subject to hydrolysis) is 2. The smallest absolute Gasteiger partial charge is 0.407 e. The van der Waals surface area contributed by atoms with E-state index in [1.165, 1.54) is 0 Å². The molecule has 8 heteroatoms. The Hall–Kier alpha value is -1.54. The minimum Gasteiger partial charge on any atom is -0.444 e. The van der Waals surface area contributed by atoms with Crippen LogP contribution in [0, 0.1) is 0 Å². The standard InChI is InChI=1S/C17H33N3O5/c1-16(2,3)23-14(21)19-11-8-9-13(25-18-7)12(10-11)20-15(22)24-17(4,5)6/h11-13,18H,8-10H2,1-7H3,(H,19,21)(H,20,22). The number of carbonyl (C=O) groups is 2. The molecule has 0 aromatic rings. The number of nitrogens with one attached hydrogen (secondary N) is 3. The van der Waals surface area contributed by atoms with Crippen LogP contribution in [0.25, 0.3) is 0 Å². The van der Waals surface area contributed by atoms with E-state index in [1.807, 2.05) is 41.5 Å². The Balaban J connectivity index is 2.64. The molecule has 0 aromatic heterocycles. The second-order valence-corrected chi connectivity index (χ2v) is 8.27. The predicted octanol–water partition coefficient (Wildman–Crippen LogP) is 2.48. The zero-order valence-electron chi connectivity index (χ0n) is 16.4. The van der Waals surface area contributed by atoms with Gasteiger partial charge in [-0.3, -0.25) is 4.84 Å². The second-order valence-electron chi connectivity index (χ2n) is 8.27. The highest BCUT2D eigenvalue weighted by Crippen LogP contribution is 2.22. The maximum atomic E-state index is 12.1. The molecular formula is C17H33N3O5. The van der Waals surface area contributed by atoms with Crippen LogP contribution in [-0.4, -0.2) is 48.6 Å². The molecule has 8 nitrogen and oxygen atoms in total. The number of hydroxylamine groups is 1. The molecule has 1 rings (SSSR count). The summed E-state index contributed by atoms with van der Waals surface area (Å²) >= 11 is 0. The Kier molecular flexibility index (Phi) is 7.49. The van der Waals surface area contributed by atoms with Crippen LogP contribution >= 0.6 is 0 Å². The Labute approximate surface area is 150 Å². The largest absolute Gasteiger partial charge is 0.444 e. The van der Waals surface area contributed by atoms with E-state index in [0.717, 1.165) is 6.42 Å². The molecule has 1 aliphatic carbocycles. The monoisotopic (exact) mass is 359 g/mol. The van der Waals surface area contributed by atoms with Gasteiger partial charge < -0.3 is 20.1 Å². The first-order chi connectivity index (χ1) is 11.4. The van der Waals surface area contributed by atoms with Crippen LogP contribution in [0.3, 0.4) is 0 Å². The van der Waals surface area contributed by atoms with Crippen LogP contribution in [0.5, 0.6) is 0 Å². The molecule has 3 unspecified atom stereocenters. The van der Waals surface area contributed by atoms with Crippen LogP contribution in [0.15, 0.2) is 0 Å². The zero-order valence-corrected chi connectivity index (χ0v) is 16.4. The van der Waals surface area contributed by atoms with Crippen molar-refractivity contribution >= 4 is 12.2 Å². The van der Waals surface area contributed by atoms with E-state index in [0.29, 0.717) is 12.8 Å². The van der Waals surface area contributed by atoms with E-state index < -0.39 is 23.4 Å². The van der Waals surface area contributed by atoms with E-state index in [-0.39, 0.29) is 18.2 Å². The lowest BCUT2D eigenvalue weighted by Gasteiger charge is -2.36. The van der Waals surface area contributed by atoms with Crippen LogP contribution in [0.1, 0.15) is 60.8 Å². The summed E-state index contributed by atoms with van der Waals surface area (Å²) in [5.74, 6) is 0. The van der Waals surface area contributed by atoms with Crippen molar-refractivity contribution < 1.29 is 23.9 Å². The van der Waals surface area contributed by atoms with Gasteiger partial charge >= 0.3 is 12.2 Å². The maximum Gasteiger partial charge on any atom is 0.407 e. The molecular weight excluding hydrogens is 326 g/mol. The number of rotatable bonds is 4. The van der Waals surface area contributed by atoms with Crippen molar-refractivity contribution in [1.29, 1.82) is 0 Å². The van der Waals surface area contributed by atoms with Crippen molar-refractivity contribution in [3.8, 4) is 0 Å². The fourth-order valence-electron chi connectivity index (χ4n) is 2.65. The number of carbonyl (C=O) groups excluding carboxylic acids is 2. The van der Waals surface area contributed by atoms with Gasteiger partial charge in [0, 0.05) is 13.1 Å². The highest BCUT2D eigenvalue weighted by atomic mass is 16.7. The number of ether oxygens (including phenoxy) is 2. The van der Waals surface area contributed by atoms with E-state index >= 15 is 0 Å². The Morgan fingerprint density at radius 3 is 1.88 bits per heavy atom. The first kappa shape index (κ1) is 21.5. The van der Waals surface area contributed by atoms with E-state index in [9.17, 15) is 9.59 Å². The highest BCUT2D eigenvalue weighted by Gasteiger charge is 2.35. The molecule has 0 heterocycles. The lowest BCUT2D eigenvalue weighted by Crippen LogP contribution is -2.54. The van der Waals surface area contributed by atoms with Gasteiger partial charge in [0.2, 0.25) is 0 Å². The van der Waals surface area contributed by atoms with Crippen LogP contribution < -0.4 is 16.1 Å². The Morgan fingerprint density at radius 2 is 1.40 bits per heavy atom. The molecule has 1 saturated carbocycles. The molecule has 1 aliphatic rings. The first-order valence-electron chi connectivity index (χ1n) is 8.71. The lowest BCUT2D eigenvalue weighted by atomic mass is 9.88. The molecule has 0 radical (unpaired) electrons. The molecule has 3 N–H and O–H groups in total. The summed E-state index contributed by atoms with van der Waals surface area (Å²) in [4.78, 5) is 29.5. The van der Waals surface area contributed by atoms with Crippen molar-refractivity contribution in [2.45, 2.75) is 90.2 Å². The molecule has 3 atom stereocenters. The molecule has 146 valence electrons. The van der Waals surface area contributed by atoms with Crippen molar-refractivity contribution in [3.05, 3.63) is 0 Å². The molecule has 1 fully saturated rings. The molecule has 25 heavy (non-hydrogen) atoms. The van der Waals surface area contributed by atoms with E-state index in [2.05, 4.69) is 16.1 Å². The number of amides is 2. The summed E-state index contributed by atoms with van der Waals surface area (Å²) in [6.07, 6.45) is 0.792.